The molecule has 0 aliphatic carbocycles. The molecule has 0 fully saturated rings. The molecule has 0 saturated heterocycles. The SMILES string of the molecule is Cc1cc(C(C)N2CCc3c(cc(Cn4ccnc4C)cc3-c3cn(C)nc3C(F)(F)F)C2=O)ncc1F. The van der Waals surface area contributed by atoms with Gasteiger partial charge in [0, 0.05) is 49.9 Å². The number of rotatable bonds is 5. The molecule has 11 heteroatoms. The molecule has 0 saturated carbocycles. The van der Waals surface area contributed by atoms with E-state index >= 15 is 0 Å². The summed E-state index contributed by atoms with van der Waals surface area (Å²) in [6, 6.07) is 4.61. The number of halogens is 4. The Morgan fingerprint density at radius 1 is 1.08 bits per heavy atom. The molecule has 3 aromatic heterocycles. The third kappa shape index (κ3) is 4.57. The number of aryl methyl sites for hydroxylation is 3. The van der Waals surface area contributed by atoms with Gasteiger partial charge in [-0.2, -0.15) is 18.3 Å². The molecule has 4 aromatic rings. The molecule has 0 N–H and O–H groups in total. The van der Waals surface area contributed by atoms with E-state index in [-0.39, 0.29) is 18.0 Å². The van der Waals surface area contributed by atoms with Crippen LogP contribution < -0.4 is 0 Å². The first-order chi connectivity index (χ1) is 17.9. The molecule has 4 heterocycles. The van der Waals surface area contributed by atoms with Gasteiger partial charge >= 0.3 is 6.18 Å². The zero-order valence-electron chi connectivity index (χ0n) is 21.3. The molecule has 1 aliphatic heterocycles. The highest BCUT2D eigenvalue weighted by Gasteiger charge is 2.39. The number of alkyl halides is 3. The molecule has 5 rings (SSSR count). The van der Waals surface area contributed by atoms with E-state index < -0.39 is 23.7 Å². The maximum atomic E-state index is 13.9. The Hall–Kier alpha value is -4.02. The number of benzene rings is 1. The Morgan fingerprint density at radius 3 is 2.47 bits per heavy atom. The van der Waals surface area contributed by atoms with Crippen LogP contribution in [0.25, 0.3) is 11.1 Å². The predicted octanol–water partition coefficient (Wildman–Crippen LogP) is 5.26. The molecule has 38 heavy (non-hydrogen) atoms. The van der Waals surface area contributed by atoms with Crippen LogP contribution in [0.1, 0.15) is 57.2 Å². The lowest BCUT2D eigenvalue weighted by Gasteiger charge is -2.34. The lowest BCUT2D eigenvalue weighted by molar-refractivity contribution is -0.140. The molecule has 0 bridgehead atoms. The van der Waals surface area contributed by atoms with Gasteiger partial charge in [0.2, 0.25) is 0 Å². The number of nitrogens with zero attached hydrogens (tertiary/aromatic N) is 6. The third-order valence-electron chi connectivity index (χ3n) is 7.03. The van der Waals surface area contributed by atoms with E-state index in [0.29, 0.717) is 46.5 Å². The van der Waals surface area contributed by atoms with Crippen molar-refractivity contribution < 1.29 is 22.4 Å². The van der Waals surface area contributed by atoms with Crippen molar-refractivity contribution in [2.75, 3.05) is 6.54 Å². The number of hydrogen-bond acceptors (Lipinski definition) is 4. The van der Waals surface area contributed by atoms with Gasteiger partial charge in [0.1, 0.15) is 11.6 Å². The number of pyridine rings is 1. The summed E-state index contributed by atoms with van der Waals surface area (Å²) < 4.78 is 58.6. The highest BCUT2D eigenvalue weighted by molar-refractivity contribution is 5.99. The molecule has 1 amide bonds. The van der Waals surface area contributed by atoms with Crippen molar-refractivity contribution in [3.05, 3.63) is 88.3 Å². The minimum absolute atomic E-state index is 0.0643. The number of aromatic nitrogens is 5. The Kier molecular flexibility index (Phi) is 6.32. The number of hydrogen-bond donors (Lipinski definition) is 0. The third-order valence-corrected chi connectivity index (χ3v) is 7.03. The van der Waals surface area contributed by atoms with Crippen molar-refractivity contribution in [3.63, 3.8) is 0 Å². The van der Waals surface area contributed by atoms with Gasteiger partial charge in [-0.05, 0) is 67.6 Å². The van der Waals surface area contributed by atoms with Crippen LogP contribution in [0.2, 0.25) is 0 Å². The average molecular weight is 527 g/mol. The van der Waals surface area contributed by atoms with Crippen LogP contribution in [0, 0.1) is 19.7 Å². The second-order valence-electron chi connectivity index (χ2n) is 9.62. The van der Waals surface area contributed by atoms with Crippen molar-refractivity contribution in [1.82, 2.24) is 29.2 Å². The van der Waals surface area contributed by atoms with Crippen molar-refractivity contribution >= 4 is 5.91 Å². The highest BCUT2D eigenvalue weighted by Crippen LogP contribution is 2.40. The fourth-order valence-corrected chi connectivity index (χ4v) is 4.99. The normalized spacial score (nSPS) is 14.6. The Bertz CT molecular complexity index is 1540. The predicted molar refractivity (Wildman–Crippen MR) is 132 cm³/mol. The van der Waals surface area contributed by atoms with E-state index in [4.69, 9.17) is 0 Å². The summed E-state index contributed by atoms with van der Waals surface area (Å²) in [5.74, 6) is -0.0105. The van der Waals surface area contributed by atoms with Gasteiger partial charge in [0.05, 0.1) is 17.9 Å². The fraction of sp³-hybridized carbons (Fsp3) is 0.333. The van der Waals surface area contributed by atoms with Crippen LogP contribution in [-0.2, 0) is 26.2 Å². The summed E-state index contributed by atoms with van der Waals surface area (Å²) in [5, 5.41) is 3.69. The van der Waals surface area contributed by atoms with Crippen molar-refractivity contribution in [3.8, 4) is 11.1 Å². The highest BCUT2D eigenvalue weighted by atomic mass is 19.4. The molecule has 1 unspecified atom stereocenters. The summed E-state index contributed by atoms with van der Waals surface area (Å²) in [4.78, 5) is 23.9. The monoisotopic (exact) mass is 526 g/mol. The molecule has 198 valence electrons. The number of fused-ring (bicyclic) bond motifs is 1. The van der Waals surface area contributed by atoms with Crippen molar-refractivity contribution in [1.29, 1.82) is 0 Å². The first-order valence-electron chi connectivity index (χ1n) is 12.1. The quantitative estimate of drug-likeness (QED) is 0.333. The van der Waals surface area contributed by atoms with Crippen molar-refractivity contribution in [2.45, 2.75) is 46.0 Å². The zero-order chi connectivity index (χ0) is 27.4. The molecule has 7 nitrogen and oxygen atoms in total. The van der Waals surface area contributed by atoms with E-state index in [9.17, 15) is 22.4 Å². The van der Waals surface area contributed by atoms with Gasteiger partial charge in [-0.15, -0.1) is 0 Å². The van der Waals surface area contributed by atoms with Crippen LogP contribution in [0.3, 0.4) is 0 Å². The molecular weight excluding hydrogens is 500 g/mol. The Balaban J connectivity index is 1.63. The number of amides is 1. The smallest absolute Gasteiger partial charge is 0.331 e. The average Bonchev–Trinajstić information content (AvgIpc) is 3.45. The topological polar surface area (TPSA) is 68.8 Å². The lowest BCUT2D eigenvalue weighted by Crippen LogP contribution is -2.40. The molecule has 0 radical (unpaired) electrons. The van der Waals surface area contributed by atoms with E-state index in [0.717, 1.165) is 16.7 Å². The van der Waals surface area contributed by atoms with Gasteiger partial charge in [0.25, 0.3) is 5.91 Å². The van der Waals surface area contributed by atoms with Crippen LogP contribution in [0.4, 0.5) is 17.6 Å². The van der Waals surface area contributed by atoms with Gasteiger partial charge in [0.15, 0.2) is 5.69 Å². The number of carbonyl (C=O) groups excluding carboxylic acids is 1. The summed E-state index contributed by atoms with van der Waals surface area (Å²) in [5.41, 5.74) is 1.79. The maximum Gasteiger partial charge on any atom is 0.435 e. The van der Waals surface area contributed by atoms with Gasteiger partial charge < -0.3 is 9.47 Å². The van der Waals surface area contributed by atoms with Crippen LogP contribution in [-0.4, -0.2) is 41.7 Å². The molecule has 1 atom stereocenters. The van der Waals surface area contributed by atoms with Gasteiger partial charge in [-0.25, -0.2) is 9.37 Å². The van der Waals surface area contributed by atoms with E-state index in [1.54, 1.807) is 42.4 Å². The first-order valence-corrected chi connectivity index (χ1v) is 12.1. The van der Waals surface area contributed by atoms with Gasteiger partial charge in [-0.3, -0.25) is 14.5 Å². The summed E-state index contributed by atoms with van der Waals surface area (Å²) in [6.45, 7) is 5.87. The minimum atomic E-state index is -4.66. The number of imidazole rings is 1. The minimum Gasteiger partial charge on any atom is -0.331 e. The zero-order valence-corrected chi connectivity index (χ0v) is 21.3. The lowest BCUT2D eigenvalue weighted by atomic mass is 9.87. The Morgan fingerprint density at radius 2 is 1.82 bits per heavy atom. The second-order valence-corrected chi connectivity index (χ2v) is 9.62. The standard InChI is InChI=1S/C27H26F4N6O/c1-15-9-24(33-12-23(15)28)16(2)37-7-5-19-20(22-14-35(4)34-25(22)27(29,30)31)10-18(11-21(19)26(37)38)13-36-8-6-32-17(36)3/h6,8-12,14,16H,5,7,13H2,1-4H3. The first kappa shape index (κ1) is 25.6. The Labute approximate surface area is 216 Å². The van der Waals surface area contributed by atoms with Gasteiger partial charge in [-0.1, -0.05) is 0 Å². The van der Waals surface area contributed by atoms with Crippen molar-refractivity contribution in [2.24, 2.45) is 7.05 Å². The molecule has 1 aliphatic rings. The van der Waals surface area contributed by atoms with E-state index in [1.165, 1.54) is 13.2 Å². The summed E-state index contributed by atoms with van der Waals surface area (Å²) in [7, 11) is 1.44. The second kappa shape index (κ2) is 9.38. The van der Waals surface area contributed by atoms with E-state index in [1.807, 2.05) is 18.4 Å². The van der Waals surface area contributed by atoms with E-state index in [2.05, 4.69) is 15.1 Å². The molecule has 1 aromatic carbocycles. The number of carbonyl (C=O) groups is 1. The maximum absolute atomic E-state index is 13.9. The van der Waals surface area contributed by atoms with Crippen LogP contribution in [0.15, 0.2) is 43.0 Å². The summed E-state index contributed by atoms with van der Waals surface area (Å²) in [6.07, 6.45) is 1.58. The van der Waals surface area contributed by atoms with Crippen LogP contribution >= 0.6 is 0 Å². The molecular formula is C27H26F4N6O. The fourth-order valence-electron chi connectivity index (χ4n) is 4.99. The molecule has 0 spiro atoms. The van der Waals surface area contributed by atoms with Crippen LogP contribution in [0.5, 0.6) is 0 Å². The largest absolute Gasteiger partial charge is 0.435 e. The summed E-state index contributed by atoms with van der Waals surface area (Å²) >= 11 is 0.